The Morgan fingerprint density at radius 3 is 3.00 bits per heavy atom. The summed E-state index contributed by atoms with van der Waals surface area (Å²) < 4.78 is 1.44. The van der Waals surface area contributed by atoms with Crippen LogP contribution in [0.15, 0.2) is 6.20 Å². The molecule has 1 rings (SSSR count). The van der Waals surface area contributed by atoms with Crippen LogP contribution in [0, 0.1) is 12.3 Å². The summed E-state index contributed by atoms with van der Waals surface area (Å²) >= 11 is 0. The summed E-state index contributed by atoms with van der Waals surface area (Å²) in [6.45, 7) is 0. The molecule has 0 aliphatic carbocycles. The maximum Gasteiger partial charge on any atom is 0.157 e. The molecule has 10 heavy (non-hydrogen) atoms. The predicted molar refractivity (Wildman–Crippen MR) is 34.8 cm³/mol. The van der Waals surface area contributed by atoms with Crippen LogP contribution in [0.2, 0.25) is 0 Å². The number of nitrogens with zero attached hydrogens (tertiary/aromatic N) is 3. The van der Waals surface area contributed by atoms with Crippen molar-refractivity contribution in [3.8, 4) is 12.3 Å². The van der Waals surface area contributed by atoms with Crippen LogP contribution in [-0.2, 0) is 7.05 Å². The van der Waals surface area contributed by atoms with Crippen LogP contribution in [0.1, 0.15) is 11.8 Å². The van der Waals surface area contributed by atoms with E-state index in [0.29, 0.717) is 5.69 Å². The highest BCUT2D eigenvalue weighted by Gasteiger charge is 2.07. The summed E-state index contributed by atoms with van der Waals surface area (Å²) in [5.41, 5.74) is 0.530. The molecule has 0 radical (unpaired) electrons. The zero-order valence-corrected chi connectivity index (χ0v) is 5.52. The van der Waals surface area contributed by atoms with Crippen molar-refractivity contribution in [3.05, 3.63) is 11.9 Å². The van der Waals surface area contributed by atoms with Crippen molar-refractivity contribution in [2.24, 2.45) is 7.05 Å². The third-order valence-corrected chi connectivity index (χ3v) is 1.19. The number of hydrogen-bond acceptors (Lipinski definition) is 3. The quantitative estimate of drug-likeness (QED) is 0.530. The predicted octanol–water partition coefficient (Wildman–Crippen LogP) is -0.518. The second-order valence-corrected chi connectivity index (χ2v) is 1.85. The van der Waals surface area contributed by atoms with Crippen molar-refractivity contribution < 1.29 is 5.11 Å². The van der Waals surface area contributed by atoms with Gasteiger partial charge in [-0.2, -0.15) is 0 Å². The Morgan fingerprint density at radius 1 is 1.90 bits per heavy atom. The van der Waals surface area contributed by atoms with Gasteiger partial charge in [-0.3, -0.25) is 0 Å². The minimum Gasteiger partial charge on any atom is -0.374 e. The highest BCUT2D eigenvalue weighted by molar-refractivity contribution is 5.10. The molecule has 1 N–H and O–H groups in total. The van der Waals surface area contributed by atoms with Crippen LogP contribution in [-0.4, -0.2) is 20.1 Å². The van der Waals surface area contributed by atoms with E-state index in [1.807, 2.05) is 0 Å². The Kier molecular flexibility index (Phi) is 1.69. The van der Waals surface area contributed by atoms with Gasteiger partial charge in [0.05, 0.1) is 11.9 Å². The summed E-state index contributed by atoms with van der Waals surface area (Å²) in [7, 11) is 1.67. The number of hydrogen-bond donors (Lipinski definition) is 1. The van der Waals surface area contributed by atoms with Gasteiger partial charge in [-0.1, -0.05) is 11.1 Å². The summed E-state index contributed by atoms with van der Waals surface area (Å²) in [5.74, 6) is 2.16. The molecule has 1 unspecified atom stereocenters. The van der Waals surface area contributed by atoms with E-state index in [2.05, 4.69) is 16.2 Å². The average Bonchev–Trinajstić information content (AvgIpc) is 2.34. The van der Waals surface area contributed by atoms with Crippen molar-refractivity contribution in [2.45, 2.75) is 6.10 Å². The van der Waals surface area contributed by atoms with Crippen molar-refractivity contribution >= 4 is 0 Å². The molecule has 0 saturated heterocycles. The largest absolute Gasteiger partial charge is 0.374 e. The Bertz CT molecular complexity index is 260. The van der Waals surface area contributed by atoms with E-state index in [-0.39, 0.29) is 0 Å². The van der Waals surface area contributed by atoms with Gasteiger partial charge in [-0.05, 0) is 0 Å². The molecule has 0 bridgehead atoms. The highest BCUT2D eigenvalue weighted by Crippen LogP contribution is 2.06. The average molecular weight is 137 g/mol. The number of aromatic nitrogens is 3. The number of terminal acetylenes is 1. The summed E-state index contributed by atoms with van der Waals surface area (Å²) in [6.07, 6.45) is 5.50. The molecule has 4 nitrogen and oxygen atoms in total. The topological polar surface area (TPSA) is 50.9 Å². The molecule has 0 aliphatic heterocycles. The maximum absolute atomic E-state index is 9.06. The molecule has 1 atom stereocenters. The van der Waals surface area contributed by atoms with Gasteiger partial charge in [0.1, 0.15) is 0 Å². The van der Waals surface area contributed by atoms with Gasteiger partial charge in [0.25, 0.3) is 0 Å². The van der Waals surface area contributed by atoms with E-state index in [1.165, 1.54) is 10.9 Å². The summed E-state index contributed by atoms with van der Waals surface area (Å²) in [4.78, 5) is 0. The van der Waals surface area contributed by atoms with Crippen LogP contribution >= 0.6 is 0 Å². The lowest BCUT2D eigenvalue weighted by Crippen LogP contribution is -2.02. The molecule has 0 spiro atoms. The SMILES string of the molecule is C#CC(O)c1cnnn1C. The van der Waals surface area contributed by atoms with Gasteiger partial charge in [-0.25, -0.2) is 4.68 Å². The van der Waals surface area contributed by atoms with E-state index in [4.69, 9.17) is 11.5 Å². The minimum atomic E-state index is -0.903. The van der Waals surface area contributed by atoms with Crippen molar-refractivity contribution in [1.29, 1.82) is 0 Å². The van der Waals surface area contributed by atoms with Crippen LogP contribution in [0.3, 0.4) is 0 Å². The van der Waals surface area contributed by atoms with Crippen LogP contribution in [0.5, 0.6) is 0 Å². The monoisotopic (exact) mass is 137 g/mol. The molecule has 0 fully saturated rings. The molecule has 4 heteroatoms. The smallest absolute Gasteiger partial charge is 0.157 e. The zero-order chi connectivity index (χ0) is 7.56. The van der Waals surface area contributed by atoms with E-state index in [1.54, 1.807) is 7.05 Å². The first-order chi connectivity index (χ1) is 4.75. The fourth-order valence-corrected chi connectivity index (χ4v) is 0.631. The molecule has 1 heterocycles. The van der Waals surface area contributed by atoms with Gasteiger partial charge < -0.3 is 5.11 Å². The van der Waals surface area contributed by atoms with Gasteiger partial charge in [-0.15, -0.1) is 11.5 Å². The normalized spacial score (nSPS) is 12.5. The number of aryl methyl sites for hydroxylation is 1. The number of aliphatic hydroxyl groups is 1. The molecule has 1 aromatic heterocycles. The molecule has 0 saturated carbocycles. The fourth-order valence-electron chi connectivity index (χ4n) is 0.631. The standard InChI is InChI=1S/C6H7N3O/c1-3-6(10)5-4-7-8-9(5)2/h1,4,6,10H,2H3. The molecule has 0 amide bonds. The highest BCUT2D eigenvalue weighted by atomic mass is 16.3. The van der Waals surface area contributed by atoms with Crippen LogP contribution in [0.4, 0.5) is 0 Å². The first-order valence-corrected chi connectivity index (χ1v) is 2.74. The molecule has 1 aromatic rings. The lowest BCUT2D eigenvalue weighted by molar-refractivity contribution is 0.228. The van der Waals surface area contributed by atoms with E-state index in [0.717, 1.165) is 0 Å². The van der Waals surface area contributed by atoms with Crippen molar-refractivity contribution in [2.75, 3.05) is 0 Å². The Hall–Kier alpha value is -1.34. The van der Waals surface area contributed by atoms with Gasteiger partial charge in [0.15, 0.2) is 6.10 Å². The maximum atomic E-state index is 9.06. The molecule has 0 aromatic carbocycles. The molecule has 0 aliphatic rings. The lowest BCUT2D eigenvalue weighted by Gasteiger charge is -1.99. The molecule has 52 valence electrons. The van der Waals surface area contributed by atoms with E-state index < -0.39 is 6.10 Å². The summed E-state index contributed by atoms with van der Waals surface area (Å²) in [5, 5.41) is 16.2. The zero-order valence-electron chi connectivity index (χ0n) is 5.52. The van der Waals surface area contributed by atoms with Crippen molar-refractivity contribution in [1.82, 2.24) is 15.0 Å². The minimum absolute atomic E-state index is 0.530. The second kappa shape index (κ2) is 2.50. The van der Waals surface area contributed by atoms with E-state index >= 15 is 0 Å². The third-order valence-electron chi connectivity index (χ3n) is 1.19. The Labute approximate surface area is 58.5 Å². The first kappa shape index (κ1) is 6.78. The van der Waals surface area contributed by atoms with Gasteiger partial charge in [0.2, 0.25) is 0 Å². The van der Waals surface area contributed by atoms with Crippen LogP contribution < -0.4 is 0 Å². The Morgan fingerprint density at radius 2 is 2.60 bits per heavy atom. The van der Waals surface area contributed by atoms with Crippen molar-refractivity contribution in [3.63, 3.8) is 0 Å². The number of rotatable bonds is 1. The first-order valence-electron chi connectivity index (χ1n) is 2.74. The third kappa shape index (κ3) is 0.993. The molecular formula is C6H7N3O. The number of aliphatic hydroxyl groups excluding tert-OH is 1. The summed E-state index contributed by atoms with van der Waals surface area (Å²) in [6, 6.07) is 0. The van der Waals surface area contributed by atoms with Crippen LogP contribution in [0.25, 0.3) is 0 Å². The molecular weight excluding hydrogens is 130 g/mol. The fraction of sp³-hybridized carbons (Fsp3) is 0.333. The lowest BCUT2D eigenvalue weighted by atomic mass is 10.3. The van der Waals surface area contributed by atoms with Gasteiger partial charge >= 0.3 is 0 Å². The van der Waals surface area contributed by atoms with Gasteiger partial charge in [0, 0.05) is 7.05 Å². The van der Waals surface area contributed by atoms with E-state index in [9.17, 15) is 0 Å². The Balaban J connectivity index is 2.96. The second-order valence-electron chi connectivity index (χ2n) is 1.85.